The van der Waals surface area contributed by atoms with Crippen molar-refractivity contribution in [2.24, 2.45) is 0 Å². The van der Waals surface area contributed by atoms with Crippen molar-refractivity contribution >= 4 is 5.95 Å². The van der Waals surface area contributed by atoms with Crippen LogP contribution in [0.1, 0.15) is 43.6 Å². The zero-order chi connectivity index (χ0) is 11.2. The number of hydrogen-bond acceptors (Lipinski definition) is 4. The molecule has 0 unspecified atom stereocenters. The Balaban J connectivity index is 1.91. The summed E-state index contributed by atoms with van der Waals surface area (Å²) in [7, 11) is 0. The standard InChI is InChI=1S/C12H16N4/c13-6-3-7-14-12-15-8-11(9-16-12)10-4-1-2-5-10/h8-10H,1-5,7H2,(H,14,15,16). The highest BCUT2D eigenvalue weighted by Gasteiger charge is 2.17. The van der Waals surface area contributed by atoms with Gasteiger partial charge in [0.25, 0.3) is 0 Å². The van der Waals surface area contributed by atoms with Gasteiger partial charge in [-0.25, -0.2) is 9.97 Å². The number of aromatic nitrogens is 2. The lowest BCUT2D eigenvalue weighted by molar-refractivity contribution is 0.714. The number of nitrogens with one attached hydrogen (secondary N) is 1. The summed E-state index contributed by atoms with van der Waals surface area (Å²) < 4.78 is 0. The van der Waals surface area contributed by atoms with Crippen molar-refractivity contribution in [2.75, 3.05) is 11.9 Å². The average molecular weight is 216 g/mol. The number of nitrogens with zero attached hydrogens (tertiary/aromatic N) is 3. The van der Waals surface area contributed by atoms with Gasteiger partial charge >= 0.3 is 0 Å². The van der Waals surface area contributed by atoms with E-state index < -0.39 is 0 Å². The van der Waals surface area contributed by atoms with Gasteiger partial charge in [0.05, 0.1) is 12.5 Å². The maximum absolute atomic E-state index is 8.40. The molecule has 4 heteroatoms. The van der Waals surface area contributed by atoms with E-state index in [9.17, 15) is 0 Å². The lowest BCUT2D eigenvalue weighted by Crippen LogP contribution is -2.05. The molecule has 0 amide bonds. The van der Waals surface area contributed by atoms with E-state index >= 15 is 0 Å². The topological polar surface area (TPSA) is 61.6 Å². The first-order valence-corrected chi connectivity index (χ1v) is 5.83. The normalized spacial score (nSPS) is 15.9. The Kier molecular flexibility index (Phi) is 3.71. The van der Waals surface area contributed by atoms with Crippen LogP contribution in [0, 0.1) is 11.3 Å². The Labute approximate surface area is 95.7 Å². The van der Waals surface area contributed by atoms with Gasteiger partial charge in [0.2, 0.25) is 5.95 Å². The Bertz CT molecular complexity index is 360. The Morgan fingerprint density at radius 2 is 2.00 bits per heavy atom. The number of nitriles is 1. The lowest BCUT2D eigenvalue weighted by atomic mass is 10.0. The highest BCUT2D eigenvalue weighted by molar-refractivity contribution is 5.26. The molecule has 1 aromatic rings. The number of hydrogen-bond donors (Lipinski definition) is 1. The summed E-state index contributed by atoms with van der Waals surface area (Å²) in [6.07, 6.45) is 9.50. The summed E-state index contributed by atoms with van der Waals surface area (Å²) in [6.45, 7) is 0.610. The molecule has 0 aromatic carbocycles. The molecule has 0 aliphatic heterocycles. The number of anilines is 1. The van der Waals surface area contributed by atoms with Crippen molar-refractivity contribution in [3.05, 3.63) is 18.0 Å². The van der Waals surface area contributed by atoms with Crippen molar-refractivity contribution in [3.63, 3.8) is 0 Å². The van der Waals surface area contributed by atoms with E-state index in [4.69, 9.17) is 5.26 Å². The summed E-state index contributed by atoms with van der Waals surface area (Å²) in [5.74, 6) is 1.28. The van der Waals surface area contributed by atoms with Crippen molar-refractivity contribution < 1.29 is 0 Å². The van der Waals surface area contributed by atoms with Crippen molar-refractivity contribution in [3.8, 4) is 6.07 Å². The van der Waals surface area contributed by atoms with Crippen LogP contribution >= 0.6 is 0 Å². The van der Waals surface area contributed by atoms with E-state index in [2.05, 4.69) is 21.4 Å². The first-order valence-electron chi connectivity index (χ1n) is 5.83. The summed E-state index contributed by atoms with van der Waals surface area (Å²) >= 11 is 0. The second kappa shape index (κ2) is 5.45. The minimum absolute atomic E-state index is 0.480. The van der Waals surface area contributed by atoms with Crippen LogP contribution in [0.3, 0.4) is 0 Å². The molecule has 0 atom stereocenters. The van der Waals surface area contributed by atoms with Gasteiger partial charge in [-0.1, -0.05) is 12.8 Å². The Morgan fingerprint density at radius 3 is 2.62 bits per heavy atom. The van der Waals surface area contributed by atoms with E-state index in [1.807, 2.05) is 12.4 Å². The van der Waals surface area contributed by atoms with Gasteiger partial charge in [0.1, 0.15) is 0 Å². The molecule has 1 aliphatic carbocycles. The molecule has 84 valence electrons. The van der Waals surface area contributed by atoms with Crippen LogP contribution in [0.5, 0.6) is 0 Å². The quantitative estimate of drug-likeness (QED) is 0.785. The van der Waals surface area contributed by atoms with Crippen LogP contribution < -0.4 is 5.32 Å². The highest BCUT2D eigenvalue weighted by atomic mass is 15.1. The molecule has 0 spiro atoms. The van der Waals surface area contributed by atoms with Gasteiger partial charge in [-0.05, 0) is 24.3 Å². The largest absolute Gasteiger partial charge is 0.353 e. The molecule has 1 fully saturated rings. The predicted octanol–water partition coefficient (Wildman–Crippen LogP) is 2.46. The van der Waals surface area contributed by atoms with Gasteiger partial charge in [-0.3, -0.25) is 0 Å². The maximum Gasteiger partial charge on any atom is 0.222 e. The molecule has 0 radical (unpaired) electrons. The average Bonchev–Trinajstić information content (AvgIpc) is 2.84. The van der Waals surface area contributed by atoms with Crippen LogP contribution in [-0.2, 0) is 0 Å². The molecule has 1 N–H and O–H groups in total. The third-order valence-corrected chi connectivity index (χ3v) is 3.02. The fourth-order valence-electron chi connectivity index (χ4n) is 2.13. The van der Waals surface area contributed by atoms with E-state index in [-0.39, 0.29) is 0 Å². The predicted molar refractivity (Wildman–Crippen MR) is 62.0 cm³/mol. The zero-order valence-electron chi connectivity index (χ0n) is 9.32. The van der Waals surface area contributed by atoms with Crippen LogP contribution in [0.15, 0.2) is 12.4 Å². The molecule has 1 heterocycles. The molecule has 16 heavy (non-hydrogen) atoms. The van der Waals surface area contributed by atoms with Crippen molar-refractivity contribution in [1.29, 1.82) is 5.26 Å². The molecule has 4 nitrogen and oxygen atoms in total. The third-order valence-electron chi connectivity index (χ3n) is 3.02. The van der Waals surface area contributed by atoms with Crippen molar-refractivity contribution in [1.82, 2.24) is 9.97 Å². The van der Waals surface area contributed by atoms with E-state index in [1.165, 1.54) is 31.2 Å². The van der Waals surface area contributed by atoms with Gasteiger partial charge in [-0.15, -0.1) is 0 Å². The monoisotopic (exact) mass is 216 g/mol. The van der Waals surface area contributed by atoms with E-state index in [1.54, 1.807) is 0 Å². The summed E-state index contributed by atoms with van der Waals surface area (Å²) in [5.41, 5.74) is 1.25. The van der Waals surface area contributed by atoms with E-state index in [0.717, 1.165) is 0 Å². The fourth-order valence-corrected chi connectivity index (χ4v) is 2.13. The third kappa shape index (κ3) is 2.69. The van der Waals surface area contributed by atoms with E-state index in [0.29, 0.717) is 24.8 Å². The Hall–Kier alpha value is -1.63. The second-order valence-corrected chi connectivity index (χ2v) is 4.16. The van der Waals surface area contributed by atoms with Crippen LogP contribution in [0.4, 0.5) is 5.95 Å². The highest BCUT2D eigenvalue weighted by Crippen LogP contribution is 2.33. The molecule has 0 bridgehead atoms. The first-order chi connectivity index (χ1) is 7.90. The molecule has 0 saturated heterocycles. The van der Waals surface area contributed by atoms with Gasteiger partial charge in [0, 0.05) is 18.9 Å². The molecular weight excluding hydrogens is 200 g/mol. The minimum Gasteiger partial charge on any atom is -0.353 e. The van der Waals surface area contributed by atoms with Crippen LogP contribution in [0.25, 0.3) is 0 Å². The molecule has 1 aliphatic rings. The smallest absolute Gasteiger partial charge is 0.222 e. The molecular formula is C12H16N4. The zero-order valence-corrected chi connectivity index (χ0v) is 9.32. The van der Waals surface area contributed by atoms with Gasteiger partial charge in [-0.2, -0.15) is 5.26 Å². The Morgan fingerprint density at radius 1 is 1.31 bits per heavy atom. The van der Waals surface area contributed by atoms with Crippen LogP contribution in [-0.4, -0.2) is 16.5 Å². The molecule has 1 aromatic heterocycles. The maximum atomic E-state index is 8.40. The first kappa shape index (κ1) is 10.9. The molecule has 1 saturated carbocycles. The van der Waals surface area contributed by atoms with Crippen LogP contribution in [0.2, 0.25) is 0 Å². The minimum atomic E-state index is 0.480. The SMILES string of the molecule is N#CCCNc1ncc(C2CCCC2)cn1. The van der Waals surface area contributed by atoms with Crippen molar-refractivity contribution in [2.45, 2.75) is 38.0 Å². The fraction of sp³-hybridized carbons (Fsp3) is 0.583. The van der Waals surface area contributed by atoms with Gasteiger partial charge in [0.15, 0.2) is 0 Å². The lowest BCUT2D eigenvalue weighted by Gasteiger charge is -2.08. The number of rotatable bonds is 4. The van der Waals surface area contributed by atoms with Gasteiger partial charge < -0.3 is 5.32 Å². The second-order valence-electron chi connectivity index (χ2n) is 4.16. The molecule has 2 rings (SSSR count). The summed E-state index contributed by atoms with van der Waals surface area (Å²) in [4.78, 5) is 8.53. The summed E-state index contributed by atoms with van der Waals surface area (Å²) in [6, 6.07) is 2.08. The summed E-state index contributed by atoms with van der Waals surface area (Å²) in [5, 5.41) is 11.4.